The van der Waals surface area contributed by atoms with Crippen LogP contribution < -0.4 is 14.0 Å². The van der Waals surface area contributed by atoms with E-state index in [1.165, 1.54) is 0 Å². The van der Waals surface area contributed by atoms with Crippen LogP contribution in [0.3, 0.4) is 0 Å². The Hall–Kier alpha value is -2.55. The molecule has 114 valence electrons. The number of hydrogen-bond donors (Lipinski definition) is 0. The Labute approximate surface area is 132 Å². The summed E-state index contributed by atoms with van der Waals surface area (Å²) in [5, 5.41) is 0. The van der Waals surface area contributed by atoms with Crippen LogP contribution in [0.15, 0.2) is 54.2 Å². The van der Waals surface area contributed by atoms with Crippen molar-refractivity contribution in [1.82, 2.24) is 0 Å². The summed E-state index contributed by atoms with van der Waals surface area (Å²) in [6.07, 6.45) is 8.35. The van der Waals surface area contributed by atoms with Gasteiger partial charge in [-0.05, 0) is 30.7 Å². The smallest absolute Gasteiger partial charge is 0.204 e. The van der Waals surface area contributed by atoms with Crippen molar-refractivity contribution in [2.24, 2.45) is 7.05 Å². The van der Waals surface area contributed by atoms with Crippen molar-refractivity contribution < 1.29 is 14.0 Å². The Balaban J connectivity index is 2.20. The molecule has 0 saturated carbocycles. The average molecular weight is 296 g/mol. The summed E-state index contributed by atoms with van der Waals surface area (Å²) in [6, 6.07) is 12.0. The van der Waals surface area contributed by atoms with Crippen LogP contribution in [-0.4, -0.2) is 14.2 Å². The molecule has 0 aliphatic rings. The number of aryl methyl sites for hydroxylation is 1. The molecule has 2 rings (SSSR count). The number of nitrogens with zero attached hydrogens (tertiary/aromatic N) is 1. The molecule has 1 heterocycles. The molecule has 0 spiro atoms. The Morgan fingerprint density at radius 2 is 1.82 bits per heavy atom. The van der Waals surface area contributed by atoms with Gasteiger partial charge in [0, 0.05) is 18.2 Å². The first-order valence-corrected chi connectivity index (χ1v) is 7.17. The lowest BCUT2D eigenvalue weighted by molar-refractivity contribution is -0.673. The van der Waals surface area contributed by atoms with Gasteiger partial charge in [-0.2, -0.15) is 0 Å². The summed E-state index contributed by atoms with van der Waals surface area (Å²) in [5.41, 5.74) is 3.40. The number of pyridine rings is 1. The van der Waals surface area contributed by atoms with Gasteiger partial charge in [0.1, 0.15) is 7.05 Å². The minimum absolute atomic E-state index is 0.738. The van der Waals surface area contributed by atoms with Gasteiger partial charge in [-0.3, -0.25) is 0 Å². The number of hydrogen-bond acceptors (Lipinski definition) is 2. The number of methoxy groups -OCH3 is 2. The summed E-state index contributed by atoms with van der Waals surface area (Å²) in [7, 11) is 5.32. The van der Waals surface area contributed by atoms with Crippen LogP contribution >= 0.6 is 0 Å². The van der Waals surface area contributed by atoms with Gasteiger partial charge in [-0.15, -0.1) is 0 Å². The fourth-order valence-corrected chi connectivity index (χ4v) is 2.18. The normalized spacial score (nSPS) is 11.7. The third-order valence-corrected chi connectivity index (χ3v) is 3.41. The predicted octanol–water partition coefficient (Wildman–Crippen LogP) is 3.65. The van der Waals surface area contributed by atoms with Crippen LogP contribution in [-0.2, 0) is 7.05 Å². The summed E-state index contributed by atoms with van der Waals surface area (Å²) in [4.78, 5) is 0. The van der Waals surface area contributed by atoms with Crippen molar-refractivity contribution in [3.8, 4) is 11.5 Å². The maximum Gasteiger partial charge on any atom is 0.204 e. The second kappa shape index (κ2) is 7.46. The first kappa shape index (κ1) is 15.8. The third kappa shape index (κ3) is 3.98. The highest BCUT2D eigenvalue weighted by molar-refractivity contribution is 5.62. The fraction of sp³-hybridized carbons (Fsp3) is 0.211. The summed E-state index contributed by atoms with van der Waals surface area (Å²) in [5.74, 6) is 1.48. The molecule has 0 unspecified atom stereocenters. The van der Waals surface area contributed by atoms with E-state index >= 15 is 0 Å². The standard InChI is InChI=1S/C19H22NO2/c1-15(8-10-17-7-5-6-12-20(17)2)13-16-9-11-18(21-3)19(14-16)22-4/h5-14H,1-4H3/q+1/b10-8+,15-13+. The molecule has 0 fully saturated rings. The zero-order chi connectivity index (χ0) is 15.9. The minimum atomic E-state index is 0.738. The van der Waals surface area contributed by atoms with Crippen LogP contribution in [0.4, 0.5) is 0 Å². The van der Waals surface area contributed by atoms with E-state index < -0.39 is 0 Å². The number of allylic oxidation sites excluding steroid dienone is 2. The molecule has 0 atom stereocenters. The van der Waals surface area contributed by atoms with E-state index in [1.807, 2.05) is 43.6 Å². The second-order valence-corrected chi connectivity index (χ2v) is 5.07. The molecule has 0 bridgehead atoms. The second-order valence-electron chi connectivity index (χ2n) is 5.07. The quantitative estimate of drug-likeness (QED) is 0.621. The summed E-state index contributed by atoms with van der Waals surface area (Å²) < 4.78 is 12.7. The van der Waals surface area contributed by atoms with E-state index in [1.54, 1.807) is 14.2 Å². The first-order chi connectivity index (χ1) is 10.6. The zero-order valence-electron chi connectivity index (χ0n) is 13.5. The Morgan fingerprint density at radius 3 is 2.50 bits per heavy atom. The van der Waals surface area contributed by atoms with Gasteiger partial charge in [0.05, 0.1) is 14.2 Å². The van der Waals surface area contributed by atoms with Gasteiger partial charge in [0.25, 0.3) is 0 Å². The molecule has 0 N–H and O–H groups in total. The maximum atomic E-state index is 5.33. The van der Waals surface area contributed by atoms with E-state index in [9.17, 15) is 0 Å². The van der Waals surface area contributed by atoms with Gasteiger partial charge in [-0.25, -0.2) is 4.57 Å². The number of aromatic nitrogens is 1. The van der Waals surface area contributed by atoms with Crippen molar-refractivity contribution in [1.29, 1.82) is 0 Å². The molecule has 0 amide bonds. The number of rotatable bonds is 5. The van der Waals surface area contributed by atoms with Crippen molar-refractivity contribution in [3.05, 3.63) is 65.5 Å². The molecule has 1 aromatic carbocycles. The lowest BCUT2D eigenvalue weighted by atomic mass is 10.1. The van der Waals surface area contributed by atoms with E-state index in [-0.39, 0.29) is 0 Å². The predicted molar refractivity (Wildman–Crippen MR) is 89.8 cm³/mol. The highest BCUT2D eigenvalue weighted by atomic mass is 16.5. The SMILES string of the molecule is COc1ccc(/C=C(C)/C=C/c2cccc[n+]2C)cc1OC. The van der Waals surface area contributed by atoms with Gasteiger partial charge in [-0.1, -0.05) is 23.8 Å². The Kier molecular flexibility index (Phi) is 5.37. The van der Waals surface area contributed by atoms with Gasteiger partial charge < -0.3 is 9.47 Å². The average Bonchev–Trinajstić information content (AvgIpc) is 2.54. The van der Waals surface area contributed by atoms with Crippen molar-refractivity contribution >= 4 is 12.2 Å². The number of benzene rings is 1. The van der Waals surface area contributed by atoms with Crippen LogP contribution in [0, 0.1) is 0 Å². The topological polar surface area (TPSA) is 22.3 Å². The van der Waals surface area contributed by atoms with Gasteiger partial charge >= 0.3 is 0 Å². The molecule has 3 heteroatoms. The summed E-state index contributed by atoms with van der Waals surface area (Å²) >= 11 is 0. The van der Waals surface area contributed by atoms with Crippen LogP contribution in [0.2, 0.25) is 0 Å². The molecule has 22 heavy (non-hydrogen) atoms. The molecular weight excluding hydrogens is 274 g/mol. The van der Waals surface area contributed by atoms with Gasteiger partial charge in [0.15, 0.2) is 17.7 Å². The molecule has 0 radical (unpaired) electrons. The van der Waals surface area contributed by atoms with Crippen molar-refractivity contribution in [2.45, 2.75) is 6.92 Å². The molecule has 3 nitrogen and oxygen atoms in total. The Bertz CT molecular complexity index is 702. The van der Waals surface area contributed by atoms with Crippen LogP contribution in [0.1, 0.15) is 18.2 Å². The Morgan fingerprint density at radius 1 is 1.05 bits per heavy atom. The van der Waals surface area contributed by atoms with Gasteiger partial charge in [0.2, 0.25) is 5.69 Å². The molecule has 1 aromatic heterocycles. The van der Waals surface area contributed by atoms with Crippen molar-refractivity contribution in [3.63, 3.8) is 0 Å². The zero-order valence-corrected chi connectivity index (χ0v) is 13.5. The van der Waals surface area contributed by atoms with Crippen LogP contribution in [0.5, 0.6) is 11.5 Å². The molecule has 0 saturated heterocycles. The van der Waals surface area contributed by atoms with Crippen molar-refractivity contribution in [2.75, 3.05) is 14.2 Å². The molecule has 0 aliphatic heterocycles. The monoisotopic (exact) mass is 296 g/mol. The lowest BCUT2D eigenvalue weighted by Gasteiger charge is -2.07. The van der Waals surface area contributed by atoms with E-state index in [0.29, 0.717) is 0 Å². The fourth-order valence-electron chi connectivity index (χ4n) is 2.18. The number of ether oxygens (including phenoxy) is 2. The van der Waals surface area contributed by atoms with E-state index in [0.717, 1.165) is 28.3 Å². The maximum absolute atomic E-state index is 5.33. The molecule has 2 aromatic rings. The van der Waals surface area contributed by atoms with E-state index in [2.05, 4.69) is 35.8 Å². The molecular formula is C19H22NO2+. The summed E-state index contributed by atoms with van der Waals surface area (Å²) in [6.45, 7) is 2.08. The van der Waals surface area contributed by atoms with E-state index in [4.69, 9.17) is 9.47 Å². The highest BCUT2D eigenvalue weighted by Crippen LogP contribution is 2.28. The highest BCUT2D eigenvalue weighted by Gasteiger charge is 2.03. The third-order valence-electron chi connectivity index (χ3n) is 3.41. The first-order valence-electron chi connectivity index (χ1n) is 7.17. The largest absolute Gasteiger partial charge is 0.493 e. The lowest BCUT2D eigenvalue weighted by Crippen LogP contribution is -2.30. The van der Waals surface area contributed by atoms with Crippen LogP contribution in [0.25, 0.3) is 12.2 Å². The minimum Gasteiger partial charge on any atom is -0.493 e. The molecule has 0 aliphatic carbocycles.